The maximum Gasteiger partial charge on any atom is 0.125 e. The van der Waals surface area contributed by atoms with E-state index in [-0.39, 0.29) is 5.92 Å². The summed E-state index contributed by atoms with van der Waals surface area (Å²) in [5, 5.41) is 11.3. The molecule has 1 N–H and O–H groups in total. The minimum absolute atomic E-state index is 0.203. The smallest absolute Gasteiger partial charge is 0.125 e. The quantitative estimate of drug-likeness (QED) is 0.916. The van der Waals surface area contributed by atoms with Crippen LogP contribution in [-0.4, -0.2) is 11.7 Å². The van der Waals surface area contributed by atoms with Gasteiger partial charge in [0.1, 0.15) is 5.75 Å². The van der Waals surface area contributed by atoms with Gasteiger partial charge < -0.3 is 9.84 Å². The molecule has 0 aromatic heterocycles. The molecule has 2 nitrogen and oxygen atoms in total. The Hall–Kier alpha value is -1.51. The van der Waals surface area contributed by atoms with E-state index in [1.807, 2.05) is 30.3 Å². The molecule has 1 heterocycles. The second kappa shape index (κ2) is 5.04. The van der Waals surface area contributed by atoms with E-state index in [0.29, 0.717) is 0 Å². The van der Waals surface area contributed by atoms with Crippen molar-refractivity contribution in [3.05, 3.63) is 63.7 Å². The SMILES string of the molecule is OC1c2ccccc2CC1Cc1cc(Cl)cc2c1OCC2. The lowest BCUT2D eigenvalue weighted by atomic mass is 9.93. The summed E-state index contributed by atoms with van der Waals surface area (Å²) in [7, 11) is 0. The van der Waals surface area contributed by atoms with E-state index < -0.39 is 6.10 Å². The highest BCUT2D eigenvalue weighted by molar-refractivity contribution is 6.30. The fraction of sp³-hybridized carbons (Fsp3) is 0.333. The van der Waals surface area contributed by atoms with Gasteiger partial charge in [0.15, 0.2) is 0 Å². The summed E-state index contributed by atoms with van der Waals surface area (Å²) in [5.41, 5.74) is 4.66. The van der Waals surface area contributed by atoms with Gasteiger partial charge in [0.05, 0.1) is 12.7 Å². The molecule has 2 aromatic carbocycles. The van der Waals surface area contributed by atoms with Gasteiger partial charge in [-0.1, -0.05) is 35.9 Å². The first-order valence-corrected chi connectivity index (χ1v) is 7.80. The Balaban J connectivity index is 1.64. The first-order valence-electron chi connectivity index (χ1n) is 7.42. The molecule has 2 unspecified atom stereocenters. The zero-order chi connectivity index (χ0) is 14.4. The fourth-order valence-corrected chi connectivity index (χ4v) is 3.88. The summed E-state index contributed by atoms with van der Waals surface area (Å²) in [6.07, 6.45) is 2.26. The first kappa shape index (κ1) is 13.2. The molecule has 0 spiro atoms. The lowest BCUT2D eigenvalue weighted by Crippen LogP contribution is -2.11. The van der Waals surface area contributed by atoms with Gasteiger partial charge in [0.2, 0.25) is 0 Å². The van der Waals surface area contributed by atoms with Gasteiger partial charge in [-0.2, -0.15) is 0 Å². The molecule has 21 heavy (non-hydrogen) atoms. The van der Waals surface area contributed by atoms with Crippen LogP contribution < -0.4 is 4.74 Å². The number of benzene rings is 2. The second-order valence-electron chi connectivity index (χ2n) is 5.96. The van der Waals surface area contributed by atoms with Gasteiger partial charge in [-0.05, 0) is 53.1 Å². The Labute approximate surface area is 129 Å². The van der Waals surface area contributed by atoms with Crippen molar-refractivity contribution in [3.63, 3.8) is 0 Å². The lowest BCUT2D eigenvalue weighted by Gasteiger charge is -2.17. The minimum Gasteiger partial charge on any atom is -0.493 e. The minimum atomic E-state index is -0.391. The van der Waals surface area contributed by atoms with Crippen LogP contribution in [0.4, 0.5) is 0 Å². The number of ether oxygens (including phenoxy) is 1. The van der Waals surface area contributed by atoms with Gasteiger partial charge >= 0.3 is 0 Å². The van der Waals surface area contributed by atoms with Crippen LogP contribution in [0.3, 0.4) is 0 Å². The molecule has 1 aliphatic heterocycles. The largest absolute Gasteiger partial charge is 0.493 e. The third kappa shape index (κ3) is 2.23. The molecule has 0 bridgehead atoms. The predicted molar refractivity (Wildman–Crippen MR) is 83.0 cm³/mol. The van der Waals surface area contributed by atoms with Crippen molar-refractivity contribution in [2.24, 2.45) is 5.92 Å². The van der Waals surface area contributed by atoms with E-state index in [1.165, 1.54) is 11.1 Å². The number of aliphatic hydroxyl groups is 1. The molecule has 3 heteroatoms. The van der Waals surface area contributed by atoms with Crippen molar-refractivity contribution in [2.45, 2.75) is 25.4 Å². The molecule has 0 amide bonds. The number of fused-ring (bicyclic) bond motifs is 2. The van der Waals surface area contributed by atoms with Crippen molar-refractivity contribution >= 4 is 11.6 Å². The van der Waals surface area contributed by atoms with Crippen molar-refractivity contribution in [1.82, 2.24) is 0 Å². The Morgan fingerprint density at radius 3 is 2.90 bits per heavy atom. The monoisotopic (exact) mass is 300 g/mol. The van der Waals surface area contributed by atoms with Crippen LogP contribution >= 0.6 is 11.6 Å². The van der Waals surface area contributed by atoms with Crippen LogP contribution in [0.25, 0.3) is 0 Å². The first-order chi connectivity index (χ1) is 10.2. The molecule has 4 rings (SSSR count). The zero-order valence-electron chi connectivity index (χ0n) is 11.7. The molecule has 2 aliphatic rings. The van der Waals surface area contributed by atoms with Crippen LogP contribution in [-0.2, 0) is 19.3 Å². The second-order valence-corrected chi connectivity index (χ2v) is 6.40. The standard InChI is InChI=1S/C18H17ClO2/c19-15-9-12-5-6-21-18(12)14(10-15)8-13-7-11-3-1-2-4-16(11)17(13)20/h1-4,9-10,13,17,20H,5-8H2. The molecule has 0 saturated heterocycles. The van der Waals surface area contributed by atoms with E-state index in [0.717, 1.165) is 47.8 Å². The normalized spacial score (nSPS) is 22.8. The third-order valence-electron chi connectivity index (χ3n) is 4.61. The van der Waals surface area contributed by atoms with Crippen LogP contribution in [0.1, 0.15) is 28.4 Å². The maximum atomic E-state index is 10.5. The Morgan fingerprint density at radius 2 is 2.05 bits per heavy atom. The Bertz CT molecular complexity index is 696. The highest BCUT2D eigenvalue weighted by Gasteiger charge is 2.32. The summed E-state index contributed by atoms with van der Waals surface area (Å²) < 4.78 is 5.77. The summed E-state index contributed by atoms with van der Waals surface area (Å²) in [6, 6.07) is 12.1. The highest BCUT2D eigenvalue weighted by atomic mass is 35.5. The number of rotatable bonds is 2. The number of hydrogen-bond donors (Lipinski definition) is 1. The highest BCUT2D eigenvalue weighted by Crippen LogP contribution is 2.41. The van der Waals surface area contributed by atoms with Crippen molar-refractivity contribution in [1.29, 1.82) is 0 Å². The van der Waals surface area contributed by atoms with E-state index >= 15 is 0 Å². The molecule has 1 aliphatic carbocycles. The van der Waals surface area contributed by atoms with Gasteiger partial charge in [-0.15, -0.1) is 0 Å². The van der Waals surface area contributed by atoms with Gasteiger partial charge in [0, 0.05) is 11.4 Å². The zero-order valence-corrected chi connectivity index (χ0v) is 12.4. The van der Waals surface area contributed by atoms with E-state index in [1.54, 1.807) is 0 Å². The van der Waals surface area contributed by atoms with Crippen molar-refractivity contribution in [3.8, 4) is 5.75 Å². The molecule has 0 radical (unpaired) electrons. The van der Waals surface area contributed by atoms with Crippen LogP contribution in [0.5, 0.6) is 5.75 Å². The van der Waals surface area contributed by atoms with Crippen LogP contribution in [0.15, 0.2) is 36.4 Å². The van der Waals surface area contributed by atoms with Crippen molar-refractivity contribution in [2.75, 3.05) is 6.61 Å². The van der Waals surface area contributed by atoms with E-state index in [2.05, 4.69) is 6.07 Å². The van der Waals surface area contributed by atoms with Crippen LogP contribution in [0.2, 0.25) is 5.02 Å². The average molecular weight is 301 g/mol. The number of aliphatic hydroxyl groups excluding tert-OH is 1. The molecule has 2 atom stereocenters. The fourth-order valence-electron chi connectivity index (χ4n) is 3.62. The lowest BCUT2D eigenvalue weighted by molar-refractivity contribution is 0.123. The van der Waals surface area contributed by atoms with Gasteiger partial charge in [-0.3, -0.25) is 0 Å². The Kier molecular flexibility index (Phi) is 3.16. The van der Waals surface area contributed by atoms with E-state index in [9.17, 15) is 5.11 Å². The van der Waals surface area contributed by atoms with Gasteiger partial charge in [0.25, 0.3) is 0 Å². The molecule has 2 aromatic rings. The molecular formula is C18H17ClO2. The number of halogens is 1. The number of hydrogen-bond acceptors (Lipinski definition) is 2. The average Bonchev–Trinajstić information content (AvgIpc) is 3.05. The Morgan fingerprint density at radius 1 is 1.19 bits per heavy atom. The van der Waals surface area contributed by atoms with E-state index in [4.69, 9.17) is 16.3 Å². The maximum absolute atomic E-state index is 10.5. The summed E-state index contributed by atoms with van der Waals surface area (Å²) in [6.45, 7) is 0.732. The predicted octanol–water partition coefficient (Wildman–Crippen LogP) is 3.72. The molecular weight excluding hydrogens is 284 g/mol. The topological polar surface area (TPSA) is 29.5 Å². The molecule has 0 saturated carbocycles. The van der Waals surface area contributed by atoms with Gasteiger partial charge in [-0.25, -0.2) is 0 Å². The summed E-state index contributed by atoms with van der Waals surface area (Å²) >= 11 is 6.22. The van der Waals surface area contributed by atoms with Crippen molar-refractivity contribution < 1.29 is 9.84 Å². The van der Waals surface area contributed by atoms with Crippen LogP contribution in [0, 0.1) is 5.92 Å². The summed E-state index contributed by atoms with van der Waals surface area (Å²) in [4.78, 5) is 0. The third-order valence-corrected chi connectivity index (χ3v) is 4.83. The molecule has 108 valence electrons. The molecule has 0 fully saturated rings. The summed E-state index contributed by atoms with van der Waals surface area (Å²) in [5.74, 6) is 1.19.